The van der Waals surface area contributed by atoms with Gasteiger partial charge in [0.05, 0.1) is 6.54 Å². The Kier molecular flexibility index (Phi) is 4.16. The number of amides is 2. The van der Waals surface area contributed by atoms with Gasteiger partial charge < -0.3 is 5.11 Å². The normalized spacial score (nSPS) is 18.1. The van der Waals surface area contributed by atoms with Gasteiger partial charge in [-0.15, -0.1) is 0 Å². The van der Waals surface area contributed by atoms with Crippen molar-refractivity contribution in [3.05, 3.63) is 35.1 Å². The highest BCUT2D eigenvalue weighted by molar-refractivity contribution is 6.03. The summed E-state index contributed by atoms with van der Waals surface area (Å²) in [4.78, 5) is 24.6. The van der Waals surface area contributed by atoms with Crippen molar-refractivity contribution in [1.29, 1.82) is 0 Å². The molecule has 5 heteroatoms. The summed E-state index contributed by atoms with van der Waals surface area (Å²) in [6.45, 7) is 1.43. The van der Waals surface area contributed by atoms with Gasteiger partial charge in [-0.1, -0.05) is 18.8 Å². The van der Waals surface area contributed by atoms with E-state index in [9.17, 15) is 14.0 Å². The molecule has 1 aliphatic rings. The molecule has 2 amide bonds. The fourth-order valence-electron chi connectivity index (χ4n) is 2.15. The number of hydrogen-bond acceptors (Lipinski definition) is 3. The minimum Gasteiger partial charge on any atom is -0.384 e. The highest BCUT2D eigenvalue weighted by Gasteiger charge is 2.35. The molecule has 4 nitrogen and oxygen atoms in total. The summed E-state index contributed by atoms with van der Waals surface area (Å²) >= 11 is 0. The topological polar surface area (TPSA) is 57.6 Å². The molecule has 0 aromatic heterocycles. The maximum atomic E-state index is 13.5. The van der Waals surface area contributed by atoms with E-state index in [1.54, 1.807) is 13.0 Å². The van der Waals surface area contributed by atoms with Gasteiger partial charge >= 0.3 is 0 Å². The van der Waals surface area contributed by atoms with Crippen LogP contribution in [0.1, 0.15) is 24.5 Å². The number of likely N-dealkylation sites (tertiary alicyclic amines) is 1. The SMILES string of the molecule is CC1CC(=O)N(Cc2cc(F)cc(C#CCO)c2)C1=O. The number of carbonyl (C=O) groups is 2. The average Bonchev–Trinajstić information content (AvgIpc) is 2.62. The van der Waals surface area contributed by atoms with Crippen molar-refractivity contribution >= 4 is 11.8 Å². The first kappa shape index (κ1) is 14.2. The zero-order valence-corrected chi connectivity index (χ0v) is 11.0. The maximum absolute atomic E-state index is 13.5. The summed E-state index contributed by atoms with van der Waals surface area (Å²) in [5, 5.41) is 8.63. The Morgan fingerprint density at radius 1 is 1.40 bits per heavy atom. The third kappa shape index (κ3) is 3.03. The maximum Gasteiger partial charge on any atom is 0.232 e. The number of hydrogen-bond donors (Lipinski definition) is 1. The van der Waals surface area contributed by atoms with Gasteiger partial charge in [0.15, 0.2) is 0 Å². The number of imide groups is 1. The summed E-state index contributed by atoms with van der Waals surface area (Å²) in [7, 11) is 0. The molecule has 1 saturated heterocycles. The van der Waals surface area contributed by atoms with Crippen LogP contribution in [0.2, 0.25) is 0 Å². The molecule has 1 unspecified atom stereocenters. The van der Waals surface area contributed by atoms with Gasteiger partial charge in [0.25, 0.3) is 0 Å². The van der Waals surface area contributed by atoms with Crippen LogP contribution in [0, 0.1) is 23.6 Å². The molecule has 0 spiro atoms. The van der Waals surface area contributed by atoms with E-state index in [-0.39, 0.29) is 37.3 Å². The van der Waals surface area contributed by atoms with Gasteiger partial charge in [0, 0.05) is 17.9 Å². The summed E-state index contributed by atoms with van der Waals surface area (Å²) < 4.78 is 13.5. The summed E-state index contributed by atoms with van der Waals surface area (Å²) in [5.41, 5.74) is 0.907. The Balaban J connectivity index is 2.23. The molecule has 20 heavy (non-hydrogen) atoms. The zero-order valence-electron chi connectivity index (χ0n) is 11.0. The number of halogens is 1. The van der Waals surface area contributed by atoms with Crippen LogP contribution < -0.4 is 0 Å². The van der Waals surface area contributed by atoms with Crippen molar-refractivity contribution in [3.63, 3.8) is 0 Å². The lowest BCUT2D eigenvalue weighted by atomic mass is 10.1. The quantitative estimate of drug-likeness (QED) is 0.648. The van der Waals surface area contributed by atoms with Gasteiger partial charge in [-0.2, -0.15) is 0 Å². The number of rotatable bonds is 2. The third-order valence-electron chi connectivity index (χ3n) is 3.08. The average molecular weight is 275 g/mol. The van der Waals surface area contributed by atoms with Crippen LogP contribution in [-0.4, -0.2) is 28.4 Å². The molecule has 0 radical (unpaired) electrons. The zero-order chi connectivity index (χ0) is 14.7. The van der Waals surface area contributed by atoms with Crippen molar-refractivity contribution in [3.8, 4) is 11.8 Å². The van der Waals surface area contributed by atoms with Crippen LogP contribution in [0.15, 0.2) is 18.2 Å². The molecule has 0 saturated carbocycles. The number of aliphatic hydroxyl groups excluding tert-OH is 1. The number of benzene rings is 1. The molecular formula is C15H14FNO3. The Labute approximate surface area is 116 Å². The lowest BCUT2D eigenvalue weighted by Gasteiger charge is -2.14. The molecule has 1 aromatic rings. The van der Waals surface area contributed by atoms with Crippen LogP contribution >= 0.6 is 0 Å². The van der Waals surface area contributed by atoms with Crippen LogP contribution in [-0.2, 0) is 16.1 Å². The van der Waals surface area contributed by atoms with E-state index in [1.165, 1.54) is 12.1 Å². The molecular weight excluding hydrogens is 261 g/mol. The number of nitrogens with zero attached hydrogens (tertiary/aromatic N) is 1. The molecule has 1 heterocycles. The van der Waals surface area contributed by atoms with Gasteiger partial charge in [0.1, 0.15) is 12.4 Å². The summed E-state index contributed by atoms with van der Waals surface area (Å²) in [6, 6.07) is 4.12. The fraction of sp³-hybridized carbons (Fsp3) is 0.333. The monoisotopic (exact) mass is 275 g/mol. The Morgan fingerprint density at radius 2 is 2.15 bits per heavy atom. The number of carbonyl (C=O) groups excluding carboxylic acids is 2. The highest BCUT2D eigenvalue weighted by Crippen LogP contribution is 2.21. The Hall–Kier alpha value is -2.19. The fourth-order valence-corrected chi connectivity index (χ4v) is 2.15. The molecule has 1 fully saturated rings. The minimum atomic E-state index is -0.489. The standard InChI is InChI=1S/C15H14FNO3/c1-10-5-14(19)17(15(10)20)9-12-6-11(3-2-4-18)7-13(16)8-12/h6-8,10,18H,4-5,9H2,1H3. The molecule has 104 valence electrons. The first-order chi connectivity index (χ1) is 9.51. The molecule has 0 aliphatic carbocycles. The second-order valence-corrected chi connectivity index (χ2v) is 4.73. The van der Waals surface area contributed by atoms with E-state index >= 15 is 0 Å². The van der Waals surface area contributed by atoms with Crippen molar-refractivity contribution < 1.29 is 19.1 Å². The van der Waals surface area contributed by atoms with E-state index in [1.807, 2.05) is 0 Å². The van der Waals surface area contributed by atoms with Crippen molar-refractivity contribution in [1.82, 2.24) is 4.90 Å². The second-order valence-electron chi connectivity index (χ2n) is 4.73. The van der Waals surface area contributed by atoms with E-state index in [4.69, 9.17) is 5.11 Å². The van der Waals surface area contributed by atoms with Gasteiger partial charge in [-0.25, -0.2) is 4.39 Å². The first-order valence-electron chi connectivity index (χ1n) is 6.24. The Morgan fingerprint density at radius 3 is 2.75 bits per heavy atom. The second kappa shape index (κ2) is 5.85. The van der Waals surface area contributed by atoms with Crippen molar-refractivity contribution in [2.45, 2.75) is 19.9 Å². The van der Waals surface area contributed by atoms with Crippen LogP contribution in [0.3, 0.4) is 0 Å². The lowest BCUT2D eigenvalue weighted by molar-refractivity contribution is -0.139. The largest absolute Gasteiger partial charge is 0.384 e. The molecule has 1 N–H and O–H groups in total. The van der Waals surface area contributed by atoms with Crippen molar-refractivity contribution in [2.75, 3.05) is 6.61 Å². The molecule has 1 aromatic carbocycles. The van der Waals surface area contributed by atoms with Gasteiger partial charge in [-0.3, -0.25) is 14.5 Å². The highest BCUT2D eigenvalue weighted by atomic mass is 19.1. The van der Waals surface area contributed by atoms with E-state index in [2.05, 4.69) is 11.8 Å². The van der Waals surface area contributed by atoms with E-state index in [0.29, 0.717) is 11.1 Å². The predicted molar refractivity (Wildman–Crippen MR) is 69.7 cm³/mol. The molecule has 1 aliphatic heterocycles. The first-order valence-corrected chi connectivity index (χ1v) is 6.24. The smallest absolute Gasteiger partial charge is 0.232 e. The predicted octanol–water partition coefficient (Wildman–Crippen LogP) is 1.06. The van der Waals surface area contributed by atoms with E-state index < -0.39 is 5.82 Å². The van der Waals surface area contributed by atoms with Gasteiger partial charge in [0.2, 0.25) is 11.8 Å². The van der Waals surface area contributed by atoms with Crippen LogP contribution in [0.25, 0.3) is 0 Å². The summed E-state index contributed by atoms with van der Waals surface area (Å²) in [5.74, 6) is 3.75. The minimum absolute atomic E-state index is 0.0492. The molecule has 1 atom stereocenters. The van der Waals surface area contributed by atoms with Gasteiger partial charge in [-0.05, 0) is 23.8 Å². The van der Waals surface area contributed by atoms with E-state index in [0.717, 1.165) is 4.90 Å². The van der Waals surface area contributed by atoms with Crippen LogP contribution in [0.4, 0.5) is 4.39 Å². The number of aliphatic hydroxyl groups is 1. The van der Waals surface area contributed by atoms with Crippen molar-refractivity contribution in [2.24, 2.45) is 5.92 Å². The van der Waals surface area contributed by atoms with Crippen LogP contribution in [0.5, 0.6) is 0 Å². The molecule has 0 bridgehead atoms. The Bertz CT molecular complexity index is 615. The summed E-state index contributed by atoms with van der Waals surface area (Å²) in [6.07, 6.45) is 0.200. The lowest BCUT2D eigenvalue weighted by Crippen LogP contribution is -2.29. The third-order valence-corrected chi connectivity index (χ3v) is 3.08. The molecule has 2 rings (SSSR count).